The standard InChI is InChI=1S/C47H84N8O14S3/c1-31(39(57)52-21-25-69-26-22-53-54-48)36(43(62)63)46(5,6)30-34(42(60)61)37(41(59)51-20-19-49-35(56)16-12-11-15-32-17-27-70-71-32)47(7,8)29-33(38(44(64)65)45(2,3)4)40(58)50-18-13-23-55(9,10)24-14-28-72(66,67)68/h31-34,36-38H,11-30H2,1-10H3,(H7-,49,50,51,52,56,57,58,59,60,61,62,63,64,65,66,67,68). The molecule has 0 radical (unpaired) electrons. The molecule has 7 N–H and O–H groups in total. The van der Waals surface area contributed by atoms with Crippen LogP contribution in [0.25, 0.3) is 10.4 Å². The minimum Gasteiger partial charge on any atom is -0.748 e. The highest BCUT2D eigenvalue weighted by molar-refractivity contribution is 8.77. The molecule has 0 aromatic carbocycles. The largest absolute Gasteiger partial charge is 0.748 e. The quantitative estimate of drug-likeness (QED) is 0.00840. The van der Waals surface area contributed by atoms with Crippen molar-refractivity contribution in [1.82, 2.24) is 21.3 Å². The van der Waals surface area contributed by atoms with Gasteiger partial charge >= 0.3 is 17.9 Å². The van der Waals surface area contributed by atoms with Gasteiger partial charge in [-0.1, -0.05) is 88.5 Å². The molecule has 1 aliphatic heterocycles. The third-order valence-corrected chi connectivity index (χ3v) is 17.1. The molecule has 1 saturated heterocycles. The summed E-state index contributed by atoms with van der Waals surface area (Å²) in [5.74, 6) is -14.4. The SMILES string of the molecule is CC(C(=O)NCCOCCN=[N+]=[N-])C(C(=O)O)C(C)(C)CC(C(=O)O)C(C(=O)NCCNC(=O)CCCCC1CCSS1)C(C)(C)CC(C(=O)NCCC[N+](C)(C)CCCS(=O)(=O)[O-])C(C(=O)O)C(C)(C)C. The number of hydrogen-bond acceptors (Lipinski definition) is 14. The highest BCUT2D eigenvalue weighted by Gasteiger charge is 2.53. The van der Waals surface area contributed by atoms with Crippen LogP contribution >= 0.6 is 21.6 Å². The van der Waals surface area contributed by atoms with Gasteiger partial charge in [0.25, 0.3) is 0 Å². The number of carboxylic acids is 3. The maximum Gasteiger partial charge on any atom is 0.307 e. The molecule has 7 unspecified atom stereocenters. The Hall–Kier alpha value is -3.87. The molecular formula is C47H84N8O14S3. The van der Waals surface area contributed by atoms with Gasteiger partial charge in [-0.3, -0.25) is 33.6 Å². The van der Waals surface area contributed by atoms with E-state index in [2.05, 4.69) is 31.3 Å². The summed E-state index contributed by atoms with van der Waals surface area (Å²) in [5.41, 5.74) is 4.42. The van der Waals surface area contributed by atoms with Crippen LogP contribution in [0.15, 0.2) is 5.11 Å². The first-order valence-corrected chi connectivity index (χ1v) is 28.6. The first-order valence-electron chi connectivity index (χ1n) is 24.7. The minimum atomic E-state index is -4.39. The zero-order valence-electron chi connectivity index (χ0n) is 44.0. The van der Waals surface area contributed by atoms with E-state index in [0.29, 0.717) is 35.7 Å². The van der Waals surface area contributed by atoms with E-state index < -0.39 is 110 Å². The lowest BCUT2D eigenvalue weighted by molar-refractivity contribution is -0.890. The highest BCUT2D eigenvalue weighted by Crippen LogP contribution is 2.48. The third-order valence-electron chi connectivity index (χ3n) is 13.3. The van der Waals surface area contributed by atoms with Gasteiger partial charge in [0.2, 0.25) is 23.6 Å². The zero-order valence-corrected chi connectivity index (χ0v) is 46.5. The number of rotatable bonds is 37. The average molecular weight is 1080 g/mol. The van der Waals surface area contributed by atoms with Crippen LogP contribution in [0, 0.1) is 51.8 Å². The van der Waals surface area contributed by atoms with E-state index in [-0.39, 0.29) is 71.1 Å². The van der Waals surface area contributed by atoms with Crippen molar-refractivity contribution < 1.29 is 71.1 Å². The second-order valence-electron chi connectivity index (χ2n) is 21.9. The summed E-state index contributed by atoms with van der Waals surface area (Å²) in [5, 5.41) is 47.4. The summed E-state index contributed by atoms with van der Waals surface area (Å²) in [6.07, 6.45) is 3.77. The van der Waals surface area contributed by atoms with Crippen molar-refractivity contribution in [2.75, 3.05) is 84.6 Å². The van der Waals surface area contributed by atoms with Crippen LogP contribution < -0.4 is 21.3 Å². The van der Waals surface area contributed by atoms with Gasteiger partial charge in [-0.2, -0.15) is 0 Å². The number of carbonyl (C=O) groups excluding carboxylic acids is 4. The van der Waals surface area contributed by atoms with Gasteiger partial charge in [0.1, 0.15) is 0 Å². The molecule has 1 rings (SSSR count). The van der Waals surface area contributed by atoms with E-state index in [1.165, 1.54) is 20.8 Å². The molecule has 0 bridgehead atoms. The molecule has 0 aromatic heterocycles. The maximum atomic E-state index is 14.7. The number of aliphatic carboxylic acids is 3. The first-order chi connectivity index (χ1) is 33.3. The summed E-state index contributed by atoms with van der Waals surface area (Å²) < 4.78 is 39.1. The summed E-state index contributed by atoms with van der Waals surface area (Å²) in [6.45, 7) is 13.5. The van der Waals surface area contributed by atoms with Crippen LogP contribution in [-0.2, 0) is 48.4 Å². The predicted molar refractivity (Wildman–Crippen MR) is 275 cm³/mol. The lowest BCUT2D eigenvalue weighted by Crippen LogP contribution is -2.52. The third kappa shape index (κ3) is 24.9. The Morgan fingerprint density at radius 3 is 1.88 bits per heavy atom. The van der Waals surface area contributed by atoms with Crippen molar-refractivity contribution in [3.8, 4) is 0 Å². The number of quaternary nitrogens is 1. The maximum absolute atomic E-state index is 14.7. The Labute approximate surface area is 434 Å². The van der Waals surface area contributed by atoms with E-state index in [9.17, 15) is 61.9 Å². The number of azide groups is 1. The van der Waals surface area contributed by atoms with Gasteiger partial charge in [-0.15, -0.1) is 0 Å². The van der Waals surface area contributed by atoms with Crippen LogP contribution in [0.2, 0.25) is 0 Å². The van der Waals surface area contributed by atoms with Gasteiger partial charge in [0.05, 0.1) is 80.1 Å². The van der Waals surface area contributed by atoms with Gasteiger partial charge in [-0.25, -0.2) is 8.42 Å². The molecule has 1 fully saturated rings. The van der Waals surface area contributed by atoms with Crippen LogP contribution in [0.1, 0.15) is 113 Å². The Balaban J connectivity index is 3.60. The summed E-state index contributed by atoms with van der Waals surface area (Å²) in [4.78, 5) is 97.7. The van der Waals surface area contributed by atoms with Crippen molar-refractivity contribution in [2.45, 2.75) is 118 Å². The van der Waals surface area contributed by atoms with Gasteiger partial charge in [0, 0.05) is 79.6 Å². The lowest BCUT2D eigenvalue weighted by Gasteiger charge is -2.44. The molecule has 7 atom stereocenters. The topological polar surface area (TPSA) is 343 Å². The summed E-state index contributed by atoms with van der Waals surface area (Å²) in [6, 6.07) is 0. The van der Waals surface area contributed by atoms with E-state index in [1.807, 2.05) is 35.7 Å². The second-order valence-corrected chi connectivity index (χ2v) is 26.2. The van der Waals surface area contributed by atoms with Gasteiger partial charge in [-0.05, 0) is 53.9 Å². The van der Waals surface area contributed by atoms with Crippen molar-refractivity contribution in [3.63, 3.8) is 0 Å². The average Bonchev–Trinajstić information content (AvgIpc) is 3.76. The van der Waals surface area contributed by atoms with Crippen LogP contribution in [0.3, 0.4) is 0 Å². The molecule has 72 heavy (non-hydrogen) atoms. The number of nitrogens with one attached hydrogen (secondary N) is 4. The molecule has 1 heterocycles. The van der Waals surface area contributed by atoms with E-state index >= 15 is 0 Å². The Kier molecular flexibility index (Phi) is 28.6. The zero-order chi connectivity index (χ0) is 55.1. The van der Waals surface area contributed by atoms with Crippen LogP contribution in [-0.4, -0.2) is 164 Å². The Bertz CT molecular complexity index is 1950. The molecule has 0 saturated carbocycles. The normalized spacial score (nSPS) is 17.0. The molecule has 0 aliphatic carbocycles. The number of nitrogens with zero attached hydrogens (tertiary/aromatic N) is 4. The van der Waals surface area contributed by atoms with E-state index in [0.717, 1.165) is 25.0 Å². The Morgan fingerprint density at radius 2 is 1.32 bits per heavy atom. The van der Waals surface area contributed by atoms with Gasteiger partial charge < -0.3 is 50.4 Å². The molecule has 22 nitrogen and oxygen atoms in total. The number of carbonyl (C=O) groups is 7. The number of carboxylic acid groups (broad SMARTS) is 3. The van der Waals surface area contributed by atoms with Crippen molar-refractivity contribution in [2.24, 2.45) is 56.9 Å². The fourth-order valence-corrected chi connectivity index (χ4v) is 13.3. The monoisotopic (exact) mass is 1080 g/mol. The number of amides is 4. The highest BCUT2D eigenvalue weighted by atomic mass is 33.1. The second kappa shape index (κ2) is 31.1. The fraction of sp³-hybridized carbons (Fsp3) is 0.851. The van der Waals surface area contributed by atoms with Crippen LogP contribution in [0.4, 0.5) is 0 Å². The number of ether oxygens (including phenoxy) is 1. The summed E-state index contributed by atoms with van der Waals surface area (Å²) >= 11 is 0. The molecule has 0 spiro atoms. The first kappa shape index (κ1) is 66.1. The van der Waals surface area contributed by atoms with E-state index in [1.54, 1.807) is 34.6 Å². The lowest BCUT2D eigenvalue weighted by atomic mass is 9.59. The molecular weight excluding hydrogens is 997 g/mol. The van der Waals surface area contributed by atoms with Crippen molar-refractivity contribution in [1.29, 1.82) is 0 Å². The number of unbranched alkanes of at least 4 members (excludes halogenated alkanes) is 1. The Morgan fingerprint density at radius 1 is 0.750 bits per heavy atom. The van der Waals surface area contributed by atoms with E-state index in [4.69, 9.17) is 10.3 Å². The molecule has 1 aliphatic rings. The van der Waals surface area contributed by atoms with Crippen molar-refractivity contribution >= 4 is 73.2 Å². The fourth-order valence-electron chi connectivity index (χ4n) is 9.80. The minimum absolute atomic E-state index is 0.00452. The molecule has 0 aromatic rings. The predicted octanol–water partition coefficient (Wildman–Crippen LogP) is 4.74. The molecule has 414 valence electrons. The summed E-state index contributed by atoms with van der Waals surface area (Å²) in [7, 11) is 3.01. The van der Waals surface area contributed by atoms with Gasteiger partial charge in [0.15, 0.2) is 0 Å². The molecule has 25 heteroatoms. The van der Waals surface area contributed by atoms with Crippen LogP contribution in [0.5, 0.6) is 0 Å². The molecule has 4 amide bonds. The smallest absolute Gasteiger partial charge is 0.307 e. The number of hydrogen-bond donors (Lipinski definition) is 7. The van der Waals surface area contributed by atoms with Crippen molar-refractivity contribution in [3.05, 3.63) is 10.4 Å².